The minimum atomic E-state index is 0.253. The van der Waals surface area contributed by atoms with Crippen molar-refractivity contribution >= 4 is 28.9 Å². The van der Waals surface area contributed by atoms with Crippen molar-refractivity contribution in [1.82, 2.24) is 4.90 Å². The first-order valence-corrected chi connectivity index (χ1v) is 7.43. The van der Waals surface area contributed by atoms with Crippen LogP contribution >= 0.6 is 11.6 Å². The van der Waals surface area contributed by atoms with Crippen LogP contribution in [0.1, 0.15) is 20.3 Å². The highest BCUT2D eigenvalue weighted by Gasteiger charge is 2.22. The van der Waals surface area contributed by atoms with Gasteiger partial charge in [0.1, 0.15) is 0 Å². The van der Waals surface area contributed by atoms with E-state index in [1.54, 1.807) is 6.07 Å². The molecular weight excluding hydrogens is 274 g/mol. The van der Waals surface area contributed by atoms with Crippen molar-refractivity contribution in [2.45, 2.75) is 20.3 Å². The molecule has 0 bridgehead atoms. The Labute approximate surface area is 125 Å². The number of nitrogens with zero attached hydrogens (tertiary/aromatic N) is 2. The van der Waals surface area contributed by atoms with Crippen LogP contribution in [0.4, 0.5) is 11.4 Å². The second-order valence-electron chi connectivity index (χ2n) is 5.67. The van der Waals surface area contributed by atoms with Gasteiger partial charge in [0.15, 0.2) is 0 Å². The van der Waals surface area contributed by atoms with E-state index < -0.39 is 0 Å². The Morgan fingerprint density at radius 1 is 1.30 bits per heavy atom. The Morgan fingerprint density at radius 3 is 2.50 bits per heavy atom. The fourth-order valence-corrected chi connectivity index (χ4v) is 2.67. The number of nitrogen functional groups attached to an aromatic ring is 1. The summed E-state index contributed by atoms with van der Waals surface area (Å²) in [5.41, 5.74) is 7.70. The lowest BCUT2D eigenvalue weighted by molar-refractivity contribution is -0.132. The maximum atomic E-state index is 12.0. The third kappa shape index (κ3) is 3.57. The van der Waals surface area contributed by atoms with Crippen molar-refractivity contribution in [3.05, 3.63) is 23.2 Å². The van der Waals surface area contributed by atoms with E-state index >= 15 is 0 Å². The summed E-state index contributed by atoms with van der Waals surface area (Å²) < 4.78 is 0. The molecule has 0 unspecified atom stereocenters. The quantitative estimate of drug-likeness (QED) is 0.872. The number of carbonyl (C=O) groups is 1. The fourth-order valence-electron chi connectivity index (χ4n) is 2.49. The van der Waals surface area contributed by atoms with Crippen molar-refractivity contribution in [2.75, 3.05) is 36.8 Å². The van der Waals surface area contributed by atoms with Crippen LogP contribution in [0, 0.1) is 5.92 Å². The molecule has 1 aromatic rings. The fraction of sp³-hybridized carbons (Fsp3) is 0.533. The molecule has 0 atom stereocenters. The van der Waals surface area contributed by atoms with Crippen LogP contribution < -0.4 is 10.6 Å². The van der Waals surface area contributed by atoms with E-state index in [1.807, 2.05) is 17.0 Å². The van der Waals surface area contributed by atoms with Gasteiger partial charge in [-0.05, 0) is 24.1 Å². The Morgan fingerprint density at radius 2 is 1.95 bits per heavy atom. The van der Waals surface area contributed by atoms with Crippen LogP contribution in [0.15, 0.2) is 18.2 Å². The van der Waals surface area contributed by atoms with E-state index in [0.717, 1.165) is 31.9 Å². The normalized spacial score (nSPS) is 15.8. The largest absolute Gasteiger partial charge is 0.397 e. The number of carbonyl (C=O) groups excluding carboxylic acids is 1. The number of hydrogen-bond donors (Lipinski definition) is 1. The summed E-state index contributed by atoms with van der Waals surface area (Å²) in [6.45, 7) is 7.29. The summed E-state index contributed by atoms with van der Waals surface area (Å²) in [4.78, 5) is 16.2. The lowest BCUT2D eigenvalue weighted by Crippen LogP contribution is -2.49. The van der Waals surface area contributed by atoms with Crippen molar-refractivity contribution in [2.24, 2.45) is 5.92 Å². The van der Waals surface area contributed by atoms with Gasteiger partial charge < -0.3 is 15.5 Å². The van der Waals surface area contributed by atoms with Crippen LogP contribution in [0.2, 0.25) is 5.02 Å². The lowest BCUT2D eigenvalue weighted by atomic mass is 10.1. The molecule has 5 heteroatoms. The van der Waals surface area contributed by atoms with Crippen molar-refractivity contribution in [1.29, 1.82) is 0 Å². The van der Waals surface area contributed by atoms with Gasteiger partial charge in [0.05, 0.1) is 11.4 Å². The molecule has 1 aliphatic rings. The number of piperazine rings is 1. The molecule has 1 heterocycles. The van der Waals surface area contributed by atoms with E-state index in [0.29, 0.717) is 23.0 Å². The number of halogens is 1. The Hall–Kier alpha value is -1.42. The van der Waals surface area contributed by atoms with E-state index in [2.05, 4.69) is 18.7 Å². The van der Waals surface area contributed by atoms with Gasteiger partial charge in [0.25, 0.3) is 0 Å². The summed E-state index contributed by atoms with van der Waals surface area (Å²) in [7, 11) is 0. The molecule has 2 rings (SSSR count). The average Bonchev–Trinajstić information content (AvgIpc) is 2.38. The number of amides is 1. The van der Waals surface area contributed by atoms with Crippen LogP contribution in [0.25, 0.3) is 0 Å². The second kappa shape index (κ2) is 6.35. The Bertz CT molecular complexity index is 482. The maximum absolute atomic E-state index is 12.0. The zero-order chi connectivity index (χ0) is 14.7. The van der Waals surface area contributed by atoms with Gasteiger partial charge in [-0.15, -0.1) is 0 Å². The third-order valence-electron chi connectivity index (χ3n) is 3.55. The minimum absolute atomic E-state index is 0.253. The summed E-state index contributed by atoms with van der Waals surface area (Å²) >= 11 is 5.92. The van der Waals surface area contributed by atoms with E-state index in [9.17, 15) is 4.79 Å². The highest BCUT2D eigenvalue weighted by molar-refractivity contribution is 6.31. The minimum Gasteiger partial charge on any atom is -0.397 e. The van der Waals surface area contributed by atoms with Crippen molar-refractivity contribution < 1.29 is 4.79 Å². The molecular formula is C15H22ClN3O. The summed E-state index contributed by atoms with van der Waals surface area (Å²) in [6, 6.07) is 5.57. The van der Waals surface area contributed by atoms with Gasteiger partial charge in [0, 0.05) is 37.6 Å². The predicted molar refractivity (Wildman–Crippen MR) is 84.1 cm³/mol. The molecule has 0 radical (unpaired) electrons. The molecule has 1 amide bonds. The van der Waals surface area contributed by atoms with E-state index in [-0.39, 0.29) is 5.91 Å². The number of rotatable bonds is 3. The molecule has 0 spiro atoms. The predicted octanol–water partition coefficient (Wildman–Crippen LogP) is 2.62. The molecule has 0 aliphatic carbocycles. The first-order valence-electron chi connectivity index (χ1n) is 7.05. The van der Waals surface area contributed by atoms with E-state index in [4.69, 9.17) is 17.3 Å². The molecule has 110 valence electrons. The molecule has 1 fully saturated rings. The topological polar surface area (TPSA) is 49.6 Å². The zero-order valence-corrected chi connectivity index (χ0v) is 12.9. The van der Waals surface area contributed by atoms with Crippen molar-refractivity contribution in [3.8, 4) is 0 Å². The monoisotopic (exact) mass is 295 g/mol. The molecule has 0 aromatic heterocycles. The molecule has 1 saturated heterocycles. The van der Waals surface area contributed by atoms with Crippen LogP contribution in [0.5, 0.6) is 0 Å². The molecule has 20 heavy (non-hydrogen) atoms. The average molecular weight is 296 g/mol. The van der Waals surface area contributed by atoms with Crippen molar-refractivity contribution in [3.63, 3.8) is 0 Å². The van der Waals surface area contributed by atoms with Crippen LogP contribution in [0.3, 0.4) is 0 Å². The van der Waals surface area contributed by atoms with Crippen LogP contribution in [-0.4, -0.2) is 37.0 Å². The smallest absolute Gasteiger partial charge is 0.222 e. The van der Waals surface area contributed by atoms with Gasteiger partial charge in [-0.2, -0.15) is 0 Å². The molecule has 0 saturated carbocycles. The standard InChI is InChI=1S/C15H22ClN3O/c1-11(2)9-15(20)19-7-5-18(6-8-19)14-4-3-12(16)10-13(14)17/h3-4,10-11H,5-9,17H2,1-2H3. The first-order chi connectivity index (χ1) is 9.47. The highest BCUT2D eigenvalue weighted by Crippen LogP contribution is 2.27. The molecule has 1 aliphatic heterocycles. The van der Waals surface area contributed by atoms with Gasteiger partial charge >= 0.3 is 0 Å². The highest BCUT2D eigenvalue weighted by atomic mass is 35.5. The number of hydrogen-bond acceptors (Lipinski definition) is 3. The van der Waals surface area contributed by atoms with Crippen LogP contribution in [-0.2, 0) is 4.79 Å². The van der Waals surface area contributed by atoms with E-state index in [1.165, 1.54) is 0 Å². The second-order valence-corrected chi connectivity index (χ2v) is 6.11. The number of benzene rings is 1. The van der Waals surface area contributed by atoms with Gasteiger partial charge in [-0.25, -0.2) is 0 Å². The third-order valence-corrected chi connectivity index (χ3v) is 3.78. The Kier molecular flexibility index (Phi) is 4.76. The van der Waals surface area contributed by atoms with Gasteiger partial charge in [-0.1, -0.05) is 25.4 Å². The molecule has 2 N–H and O–H groups in total. The van der Waals surface area contributed by atoms with Gasteiger partial charge in [0.2, 0.25) is 5.91 Å². The summed E-state index contributed by atoms with van der Waals surface area (Å²) in [6.07, 6.45) is 0.628. The number of anilines is 2. The summed E-state index contributed by atoms with van der Waals surface area (Å²) in [5.74, 6) is 0.663. The lowest BCUT2D eigenvalue weighted by Gasteiger charge is -2.37. The molecule has 1 aromatic carbocycles. The maximum Gasteiger partial charge on any atom is 0.222 e. The zero-order valence-electron chi connectivity index (χ0n) is 12.1. The SMILES string of the molecule is CC(C)CC(=O)N1CCN(c2ccc(Cl)cc2N)CC1. The summed E-state index contributed by atoms with van der Waals surface area (Å²) in [5, 5.41) is 0.650. The number of nitrogens with two attached hydrogens (primary N) is 1. The van der Waals surface area contributed by atoms with Gasteiger partial charge in [-0.3, -0.25) is 4.79 Å². The Balaban J connectivity index is 1.95. The molecule has 4 nitrogen and oxygen atoms in total. The first kappa shape index (κ1) is 15.0.